The van der Waals surface area contributed by atoms with E-state index in [1.54, 1.807) is 0 Å². The minimum absolute atomic E-state index is 0.691. The molecule has 0 N–H and O–H groups in total. The first-order valence-corrected chi connectivity index (χ1v) is 8.64. The van der Waals surface area contributed by atoms with E-state index in [9.17, 15) is 0 Å². The van der Waals surface area contributed by atoms with E-state index in [0.717, 1.165) is 24.0 Å². The lowest BCUT2D eigenvalue weighted by Gasteiger charge is -2.21. The van der Waals surface area contributed by atoms with Crippen molar-refractivity contribution in [2.24, 2.45) is 0 Å². The Kier molecular flexibility index (Phi) is 4.66. The van der Waals surface area contributed by atoms with Crippen LogP contribution in [-0.4, -0.2) is 0 Å². The number of allylic oxidation sites excluding steroid dienone is 4. The molecule has 0 radical (unpaired) electrons. The van der Waals surface area contributed by atoms with Gasteiger partial charge in [-0.25, -0.2) is 0 Å². The Labute approximate surface area is 148 Å². The predicted octanol–water partition coefficient (Wildman–Crippen LogP) is 7.01. The van der Waals surface area contributed by atoms with Crippen LogP contribution in [0, 0.1) is 20.8 Å². The van der Waals surface area contributed by atoms with Gasteiger partial charge in [0.1, 0.15) is 0 Å². The fraction of sp³-hybridized carbons (Fsp3) is 0.238. The summed E-state index contributed by atoms with van der Waals surface area (Å²) in [5, 5.41) is 1.38. The van der Waals surface area contributed by atoms with Gasteiger partial charge in [0.25, 0.3) is 0 Å². The van der Waals surface area contributed by atoms with Crippen LogP contribution in [0.5, 0.6) is 0 Å². The van der Waals surface area contributed by atoms with Crippen molar-refractivity contribution >= 4 is 34.3 Å². The highest BCUT2D eigenvalue weighted by Crippen LogP contribution is 2.43. The quantitative estimate of drug-likeness (QED) is 0.550. The van der Waals surface area contributed by atoms with Gasteiger partial charge in [-0.3, -0.25) is 0 Å². The van der Waals surface area contributed by atoms with Crippen LogP contribution < -0.4 is 0 Å². The van der Waals surface area contributed by atoms with Gasteiger partial charge in [0.2, 0.25) is 0 Å². The van der Waals surface area contributed by atoms with Crippen molar-refractivity contribution in [3.8, 4) is 0 Å². The summed E-state index contributed by atoms with van der Waals surface area (Å²) in [4.78, 5) is 0. The summed E-state index contributed by atoms with van der Waals surface area (Å²) in [5.41, 5.74) is 8.40. The molecule has 2 heteroatoms. The fourth-order valence-electron chi connectivity index (χ4n) is 3.18. The molecule has 0 aliphatic heterocycles. The Bertz CT molecular complexity index is 788. The Morgan fingerprint density at radius 1 is 0.609 bits per heavy atom. The maximum atomic E-state index is 6.64. The SMILES string of the molecule is Cc1ccc(C2=C(Cl)C(Cl)=C(c3cc(C)cc(C)c3)CC2)cc1. The summed E-state index contributed by atoms with van der Waals surface area (Å²) in [6.45, 7) is 6.32. The molecule has 3 rings (SSSR count). The van der Waals surface area contributed by atoms with Gasteiger partial charge >= 0.3 is 0 Å². The summed E-state index contributed by atoms with van der Waals surface area (Å²) in [6.07, 6.45) is 1.83. The van der Waals surface area contributed by atoms with Gasteiger partial charge in [-0.15, -0.1) is 0 Å². The molecular formula is C21H20Cl2. The van der Waals surface area contributed by atoms with Gasteiger partial charge < -0.3 is 0 Å². The van der Waals surface area contributed by atoms with Crippen LogP contribution in [0.4, 0.5) is 0 Å². The summed E-state index contributed by atoms with van der Waals surface area (Å²) in [6, 6.07) is 15.0. The maximum Gasteiger partial charge on any atom is 0.0633 e. The van der Waals surface area contributed by atoms with Crippen LogP contribution in [0.1, 0.15) is 40.7 Å². The highest BCUT2D eigenvalue weighted by atomic mass is 35.5. The van der Waals surface area contributed by atoms with Crippen molar-refractivity contribution in [2.45, 2.75) is 33.6 Å². The molecule has 1 aliphatic rings. The monoisotopic (exact) mass is 342 g/mol. The van der Waals surface area contributed by atoms with Gasteiger partial charge in [-0.1, -0.05) is 82.4 Å². The lowest BCUT2D eigenvalue weighted by atomic mass is 9.88. The average molecular weight is 343 g/mol. The Balaban J connectivity index is 2.06. The molecule has 0 atom stereocenters. The third-order valence-electron chi connectivity index (χ3n) is 4.32. The van der Waals surface area contributed by atoms with E-state index in [0.29, 0.717) is 10.1 Å². The number of aryl methyl sites for hydroxylation is 3. The van der Waals surface area contributed by atoms with E-state index in [1.165, 1.54) is 27.8 Å². The first-order valence-electron chi connectivity index (χ1n) is 7.89. The van der Waals surface area contributed by atoms with Crippen molar-refractivity contribution in [2.75, 3.05) is 0 Å². The molecule has 0 bridgehead atoms. The molecule has 0 fully saturated rings. The zero-order chi connectivity index (χ0) is 16.6. The van der Waals surface area contributed by atoms with E-state index in [2.05, 4.69) is 63.2 Å². The molecule has 23 heavy (non-hydrogen) atoms. The molecule has 0 nitrogen and oxygen atoms in total. The number of benzene rings is 2. The molecule has 118 valence electrons. The highest BCUT2D eigenvalue weighted by molar-refractivity contribution is 6.48. The Morgan fingerprint density at radius 3 is 1.61 bits per heavy atom. The van der Waals surface area contributed by atoms with Crippen LogP contribution in [-0.2, 0) is 0 Å². The zero-order valence-electron chi connectivity index (χ0n) is 13.7. The molecule has 0 saturated carbocycles. The second-order valence-electron chi connectivity index (χ2n) is 6.33. The van der Waals surface area contributed by atoms with Crippen LogP contribution in [0.2, 0.25) is 0 Å². The van der Waals surface area contributed by atoms with Gasteiger partial charge in [-0.2, -0.15) is 0 Å². The van der Waals surface area contributed by atoms with E-state index >= 15 is 0 Å². The van der Waals surface area contributed by atoms with Crippen molar-refractivity contribution in [1.29, 1.82) is 0 Å². The molecule has 1 aliphatic carbocycles. The molecule has 0 heterocycles. The van der Waals surface area contributed by atoms with Crippen molar-refractivity contribution < 1.29 is 0 Å². The van der Waals surface area contributed by atoms with Crippen LogP contribution in [0.15, 0.2) is 52.5 Å². The molecule has 2 aromatic carbocycles. The van der Waals surface area contributed by atoms with Crippen molar-refractivity contribution in [3.63, 3.8) is 0 Å². The van der Waals surface area contributed by atoms with Crippen LogP contribution >= 0.6 is 23.2 Å². The first kappa shape index (κ1) is 16.4. The number of rotatable bonds is 2. The third kappa shape index (κ3) is 3.39. The van der Waals surface area contributed by atoms with Gasteiger partial charge in [0.05, 0.1) is 10.1 Å². The normalized spacial score (nSPS) is 15.3. The van der Waals surface area contributed by atoms with Crippen LogP contribution in [0.3, 0.4) is 0 Å². The molecular weight excluding hydrogens is 323 g/mol. The molecule has 2 aromatic rings. The Morgan fingerprint density at radius 2 is 1.09 bits per heavy atom. The molecule has 0 spiro atoms. The summed E-state index contributed by atoms with van der Waals surface area (Å²) < 4.78 is 0. The van der Waals surface area contributed by atoms with Gasteiger partial charge in [0, 0.05) is 0 Å². The minimum atomic E-state index is 0.691. The predicted molar refractivity (Wildman–Crippen MR) is 102 cm³/mol. The summed E-state index contributed by atoms with van der Waals surface area (Å²) in [7, 11) is 0. The first-order chi connectivity index (χ1) is 11.0. The number of halogens is 2. The average Bonchev–Trinajstić information content (AvgIpc) is 2.50. The second-order valence-corrected chi connectivity index (χ2v) is 7.08. The summed E-state index contributed by atoms with van der Waals surface area (Å²) in [5.74, 6) is 0. The van der Waals surface area contributed by atoms with Gasteiger partial charge in [0.15, 0.2) is 0 Å². The molecule has 0 aromatic heterocycles. The lowest BCUT2D eigenvalue weighted by molar-refractivity contribution is 1.06. The Hall–Kier alpha value is -1.50. The van der Waals surface area contributed by atoms with E-state index in [4.69, 9.17) is 23.2 Å². The minimum Gasteiger partial charge on any atom is -0.0824 e. The topological polar surface area (TPSA) is 0 Å². The lowest BCUT2D eigenvalue weighted by Crippen LogP contribution is -2.00. The number of hydrogen-bond acceptors (Lipinski definition) is 0. The largest absolute Gasteiger partial charge is 0.0824 e. The summed E-state index contributed by atoms with van der Waals surface area (Å²) >= 11 is 13.3. The third-order valence-corrected chi connectivity index (χ3v) is 5.25. The fourth-order valence-corrected chi connectivity index (χ4v) is 3.82. The van der Waals surface area contributed by atoms with Crippen molar-refractivity contribution in [3.05, 3.63) is 80.3 Å². The maximum absolute atomic E-state index is 6.64. The van der Waals surface area contributed by atoms with E-state index in [1.807, 2.05) is 0 Å². The van der Waals surface area contributed by atoms with E-state index < -0.39 is 0 Å². The zero-order valence-corrected chi connectivity index (χ0v) is 15.2. The van der Waals surface area contributed by atoms with E-state index in [-0.39, 0.29) is 0 Å². The highest BCUT2D eigenvalue weighted by Gasteiger charge is 2.21. The van der Waals surface area contributed by atoms with Crippen LogP contribution in [0.25, 0.3) is 11.1 Å². The smallest absolute Gasteiger partial charge is 0.0633 e. The number of hydrogen-bond donors (Lipinski definition) is 0. The molecule has 0 amide bonds. The molecule has 0 saturated heterocycles. The molecule has 0 unspecified atom stereocenters. The van der Waals surface area contributed by atoms with Gasteiger partial charge in [-0.05, 0) is 55.9 Å². The second kappa shape index (κ2) is 6.55. The van der Waals surface area contributed by atoms with Crippen molar-refractivity contribution in [1.82, 2.24) is 0 Å². The standard InChI is InChI=1S/C21H20Cl2/c1-13-4-6-16(7-5-13)18-8-9-19(21(23)20(18)22)17-11-14(2)10-15(3)12-17/h4-7,10-12H,8-9H2,1-3H3.